The van der Waals surface area contributed by atoms with Crippen LogP contribution >= 0.6 is 15.9 Å². The summed E-state index contributed by atoms with van der Waals surface area (Å²) < 4.78 is 1.10. The van der Waals surface area contributed by atoms with E-state index < -0.39 is 0 Å². The first-order valence-electron chi connectivity index (χ1n) is 6.14. The van der Waals surface area contributed by atoms with Crippen molar-refractivity contribution in [2.45, 2.75) is 18.8 Å². The fourth-order valence-corrected chi connectivity index (χ4v) is 2.46. The Labute approximate surface area is 117 Å². The summed E-state index contributed by atoms with van der Waals surface area (Å²) in [6.45, 7) is 2.87. The highest BCUT2D eigenvalue weighted by atomic mass is 79.9. The van der Waals surface area contributed by atoms with Gasteiger partial charge in [-0.15, -0.1) is 0 Å². The summed E-state index contributed by atoms with van der Waals surface area (Å²) in [5, 5.41) is 0. The molecule has 2 rings (SSSR count). The Bertz CT molecular complexity index is 492. The van der Waals surface area contributed by atoms with Crippen LogP contribution in [0, 0.1) is 0 Å². The second kappa shape index (κ2) is 5.68. The molecule has 18 heavy (non-hydrogen) atoms. The molecule has 0 aliphatic heterocycles. The summed E-state index contributed by atoms with van der Waals surface area (Å²) in [6, 6.07) is 19.0. The molecule has 2 heteroatoms. The lowest BCUT2D eigenvalue weighted by Gasteiger charge is -2.29. The van der Waals surface area contributed by atoms with Crippen molar-refractivity contribution in [2.75, 3.05) is 6.54 Å². The zero-order valence-corrected chi connectivity index (χ0v) is 12.2. The zero-order chi connectivity index (χ0) is 13.0. The number of hydrogen-bond acceptors (Lipinski definition) is 1. The van der Waals surface area contributed by atoms with Crippen molar-refractivity contribution in [1.82, 2.24) is 0 Å². The van der Waals surface area contributed by atoms with E-state index in [2.05, 4.69) is 71.4 Å². The lowest BCUT2D eigenvalue weighted by Crippen LogP contribution is -2.34. The van der Waals surface area contributed by atoms with Crippen LogP contribution < -0.4 is 5.73 Å². The summed E-state index contributed by atoms with van der Waals surface area (Å²) >= 11 is 3.47. The Balaban J connectivity index is 2.28. The number of halogens is 1. The first-order chi connectivity index (χ1) is 8.64. The molecule has 1 unspecified atom stereocenters. The summed E-state index contributed by atoms with van der Waals surface area (Å²) in [4.78, 5) is 0. The maximum absolute atomic E-state index is 6.01. The third-order valence-corrected chi connectivity index (χ3v) is 3.96. The molecule has 2 N–H and O–H groups in total. The molecule has 0 saturated carbocycles. The monoisotopic (exact) mass is 303 g/mol. The van der Waals surface area contributed by atoms with Gasteiger partial charge in [-0.25, -0.2) is 0 Å². The third-order valence-electron chi connectivity index (χ3n) is 3.43. The molecule has 0 aliphatic carbocycles. The van der Waals surface area contributed by atoms with E-state index in [0.717, 1.165) is 10.9 Å². The molecule has 2 aromatic rings. The molecule has 1 nitrogen and oxygen atoms in total. The second-order valence-electron chi connectivity index (χ2n) is 4.93. The van der Waals surface area contributed by atoms with Gasteiger partial charge in [0.1, 0.15) is 0 Å². The van der Waals surface area contributed by atoms with Crippen LogP contribution in [0.25, 0.3) is 0 Å². The Morgan fingerprint density at radius 3 is 2.17 bits per heavy atom. The lowest BCUT2D eigenvalue weighted by atomic mass is 9.77. The highest BCUT2D eigenvalue weighted by Crippen LogP contribution is 2.28. The summed E-state index contributed by atoms with van der Waals surface area (Å²) in [5.41, 5.74) is 8.62. The molecule has 0 spiro atoms. The minimum atomic E-state index is -0.0119. The molecule has 0 fully saturated rings. The number of benzene rings is 2. The molecule has 0 aromatic heterocycles. The Morgan fingerprint density at radius 2 is 1.61 bits per heavy atom. The number of nitrogens with two attached hydrogens (primary N) is 1. The van der Waals surface area contributed by atoms with Crippen LogP contribution in [0.3, 0.4) is 0 Å². The topological polar surface area (TPSA) is 26.0 Å². The minimum Gasteiger partial charge on any atom is -0.330 e. The SMILES string of the molecule is CC(CN)(Cc1ccccc1)c1ccc(Br)cc1. The van der Waals surface area contributed by atoms with Gasteiger partial charge in [0.2, 0.25) is 0 Å². The average molecular weight is 304 g/mol. The van der Waals surface area contributed by atoms with E-state index in [1.54, 1.807) is 0 Å². The van der Waals surface area contributed by atoms with Gasteiger partial charge in [-0.3, -0.25) is 0 Å². The summed E-state index contributed by atoms with van der Waals surface area (Å²) in [5.74, 6) is 0. The predicted molar refractivity (Wildman–Crippen MR) is 80.7 cm³/mol. The van der Waals surface area contributed by atoms with Crippen molar-refractivity contribution in [3.8, 4) is 0 Å². The van der Waals surface area contributed by atoms with Gasteiger partial charge in [0.15, 0.2) is 0 Å². The molecule has 0 radical (unpaired) electrons. The van der Waals surface area contributed by atoms with Gasteiger partial charge in [-0.1, -0.05) is 65.3 Å². The van der Waals surface area contributed by atoms with E-state index in [4.69, 9.17) is 5.73 Å². The van der Waals surface area contributed by atoms with Crippen LogP contribution in [0.2, 0.25) is 0 Å². The summed E-state index contributed by atoms with van der Waals surface area (Å²) in [6.07, 6.45) is 0.964. The van der Waals surface area contributed by atoms with Gasteiger partial charge in [0.05, 0.1) is 0 Å². The first kappa shape index (κ1) is 13.3. The second-order valence-corrected chi connectivity index (χ2v) is 5.85. The molecule has 0 bridgehead atoms. The molecule has 94 valence electrons. The van der Waals surface area contributed by atoms with Crippen molar-refractivity contribution in [3.63, 3.8) is 0 Å². The highest BCUT2D eigenvalue weighted by Gasteiger charge is 2.25. The molecule has 2 aromatic carbocycles. The van der Waals surface area contributed by atoms with Crippen molar-refractivity contribution in [2.24, 2.45) is 5.73 Å². The van der Waals surface area contributed by atoms with Gasteiger partial charge in [0, 0.05) is 16.4 Å². The van der Waals surface area contributed by atoms with E-state index >= 15 is 0 Å². The van der Waals surface area contributed by atoms with E-state index in [1.165, 1.54) is 11.1 Å². The standard InChI is InChI=1S/C16H18BrN/c1-16(12-18,11-13-5-3-2-4-6-13)14-7-9-15(17)10-8-14/h2-10H,11-12,18H2,1H3. The fraction of sp³-hybridized carbons (Fsp3) is 0.250. The molecule has 1 atom stereocenters. The largest absolute Gasteiger partial charge is 0.330 e. The van der Waals surface area contributed by atoms with Crippen LogP contribution in [0.15, 0.2) is 59.1 Å². The van der Waals surface area contributed by atoms with Gasteiger partial charge >= 0.3 is 0 Å². The van der Waals surface area contributed by atoms with Gasteiger partial charge in [-0.05, 0) is 29.7 Å². The van der Waals surface area contributed by atoms with Crippen LogP contribution in [-0.2, 0) is 11.8 Å². The zero-order valence-electron chi connectivity index (χ0n) is 10.6. The van der Waals surface area contributed by atoms with E-state index in [0.29, 0.717) is 6.54 Å². The van der Waals surface area contributed by atoms with Crippen molar-refractivity contribution in [1.29, 1.82) is 0 Å². The van der Waals surface area contributed by atoms with Gasteiger partial charge in [0.25, 0.3) is 0 Å². The average Bonchev–Trinajstić information content (AvgIpc) is 2.40. The molecule has 0 amide bonds. The smallest absolute Gasteiger partial charge is 0.0175 e. The maximum atomic E-state index is 6.01. The van der Waals surface area contributed by atoms with Gasteiger partial charge in [-0.2, -0.15) is 0 Å². The molecular formula is C16H18BrN. The van der Waals surface area contributed by atoms with Crippen LogP contribution in [0.1, 0.15) is 18.1 Å². The lowest BCUT2D eigenvalue weighted by molar-refractivity contribution is 0.481. The predicted octanol–water partition coefficient (Wildman–Crippen LogP) is 3.91. The highest BCUT2D eigenvalue weighted by molar-refractivity contribution is 9.10. The Morgan fingerprint density at radius 1 is 1.00 bits per heavy atom. The minimum absolute atomic E-state index is 0.0119. The van der Waals surface area contributed by atoms with Crippen molar-refractivity contribution >= 4 is 15.9 Å². The number of hydrogen-bond donors (Lipinski definition) is 1. The first-order valence-corrected chi connectivity index (χ1v) is 6.93. The quantitative estimate of drug-likeness (QED) is 0.910. The Kier molecular flexibility index (Phi) is 4.20. The van der Waals surface area contributed by atoms with Gasteiger partial charge < -0.3 is 5.73 Å². The normalized spacial score (nSPS) is 14.2. The van der Waals surface area contributed by atoms with E-state index in [1.807, 2.05) is 6.07 Å². The van der Waals surface area contributed by atoms with Crippen molar-refractivity contribution in [3.05, 3.63) is 70.2 Å². The van der Waals surface area contributed by atoms with E-state index in [9.17, 15) is 0 Å². The van der Waals surface area contributed by atoms with Crippen LogP contribution in [0.5, 0.6) is 0 Å². The summed E-state index contributed by atoms with van der Waals surface area (Å²) in [7, 11) is 0. The van der Waals surface area contributed by atoms with E-state index in [-0.39, 0.29) is 5.41 Å². The van der Waals surface area contributed by atoms with Crippen LogP contribution in [0.4, 0.5) is 0 Å². The maximum Gasteiger partial charge on any atom is 0.0175 e. The number of rotatable bonds is 4. The molecule has 0 heterocycles. The molecule has 0 aliphatic rings. The molecular weight excluding hydrogens is 286 g/mol. The Hall–Kier alpha value is -1.12. The van der Waals surface area contributed by atoms with Crippen LogP contribution in [-0.4, -0.2) is 6.54 Å². The molecule has 0 saturated heterocycles. The fourth-order valence-electron chi connectivity index (χ4n) is 2.19. The van der Waals surface area contributed by atoms with Crippen molar-refractivity contribution < 1.29 is 0 Å². The third kappa shape index (κ3) is 3.01.